The van der Waals surface area contributed by atoms with Gasteiger partial charge in [-0.2, -0.15) is 5.26 Å². The number of hydrogen-bond acceptors (Lipinski definition) is 3. The van der Waals surface area contributed by atoms with Crippen molar-refractivity contribution in [2.45, 2.75) is 32.5 Å². The first-order valence-electron chi connectivity index (χ1n) is 7.97. The van der Waals surface area contributed by atoms with Crippen LogP contribution < -0.4 is 0 Å². The molecule has 0 aliphatic carbocycles. The fraction of sp³-hybridized carbons (Fsp3) is 0.421. The van der Waals surface area contributed by atoms with Gasteiger partial charge in [-0.05, 0) is 30.7 Å². The molecule has 3 rings (SSSR count). The van der Waals surface area contributed by atoms with Gasteiger partial charge in [0.05, 0.1) is 12.3 Å². The number of likely N-dealkylation sites (tertiary alicyclic amines) is 1. The summed E-state index contributed by atoms with van der Waals surface area (Å²) in [7, 11) is 0. The molecule has 4 heteroatoms. The quantitative estimate of drug-likeness (QED) is 0.839. The van der Waals surface area contributed by atoms with E-state index in [4.69, 9.17) is 9.68 Å². The lowest BCUT2D eigenvalue weighted by Crippen LogP contribution is -2.47. The van der Waals surface area contributed by atoms with Crippen molar-refractivity contribution in [2.75, 3.05) is 13.1 Å². The van der Waals surface area contributed by atoms with Crippen LogP contribution in [0.1, 0.15) is 25.3 Å². The average Bonchev–Trinajstić information content (AvgIpc) is 3.07. The monoisotopic (exact) mass is 312 g/mol. The lowest BCUT2D eigenvalue weighted by atomic mass is 9.76. The summed E-state index contributed by atoms with van der Waals surface area (Å²) in [6.07, 6.45) is 1.74. The molecule has 1 aromatic carbocycles. The first-order valence-corrected chi connectivity index (χ1v) is 7.97. The van der Waals surface area contributed by atoms with Crippen LogP contribution in [0.5, 0.6) is 0 Å². The SMILES string of the molecule is CC1(CC#N)CCN(Cc2ccc(-c3ccco3)cc2)CC1F. The number of piperidine rings is 1. The number of nitrogens with zero attached hydrogens (tertiary/aromatic N) is 2. The highest BCUT2D eigenvalue weighted by Crippen LogP contribution is 2.36. The molecule has 3 nitrogen and oxygen atoms in total. The van der Waals surface area contributed by atoms with Gasteiger partial charge >= 0.3 is 0 Å². The zero-order valence-corrected chi connectivity index (χ0v) is 13.3. The van der Waals surface area contributed by atoms with Crippen molar-refractivity contribution in [3.8, 4) is 17.4 Å². The summed E-state index contributed by atoms with van der Waals surface area (Å²) in [4.78, 5) is 2.13. The van der Waals surface area contributed by atoms with Crippen molar-refractivity contribution in [3.63, 3.8) is 0 Å². The highest BCUT2D eigenvalue weighted by molar-refractivity contribution is 5.57. The Bertz CT molecular complexity index is 674. The van der Waals surface area contributed by atoms with E-state index < -0.39 is 11.6 Å². The normalized spacial score (nSPS) is 25.2. The highest BCUT2D eigenvalue weighted by Gasteiger charge is 2.39. The Morgan fingerprint density at radius 3 is 2.74 bits per heavy atom. The molecule has 120 valence electrons. The van der Waals surface area contributed by atoms with Crippen LogP contribution in [0, 0.1) is 16.7 Å². The Balaban J connectivity index is 1.61. The minimum atomic E-state index is -0.946. The third-order valence-electron chi connectivity index (χ3n) is 4.82. The molecule has 1 aromatic heterocycles. The summed E-state index contributed by atoms with van der Waals surface area (Å²) in [6.45, 7) is 3.86. The minimum absolute atomic E-state index is 0.292. The van der Waals surface area contributed by atoms with E-state index in [-0.39, 0.29) is 0 Å². The maximum atomic E-state index is 14.4. The van der Waals surface area contributed by atoms with Crippen LogP contribution in [0.2, 0.25) is 0 Å². The Morgan fingerprint density at radius 2 is 2.13 bits per heavy atom. The molecule has 0 bridgehead atoms. The smallest absolute Gasteiger partial charge is 0.133 e. The van der Waals surface area contributed by atoms with E-state index in [0.717, 1.165) is 36.4 Å². The van der Waals surface area contributed by atoms with Crippen molar-refractivity contribution < 1.29 is 8.81 Å². The van der Waals surface area contributed by atoms with Crippen molar-refractivity contribution >= 4 is 0 Å². The first-order chi connectivity index (χ1) is 11.1. The molecule has 2 unspecified atom stereocenters. The molecule has 0 radical (unpaired) electrons. The molecular formula is C19H21FN2O. The Labute approximate surface area is 136 Å². The Kier molecular flexibility index (Phi) is 4.49. The zero-order chi connectivity index (χ0) is 16.3. The summed E-state index contributed by atoms with van der Waals surface area (Å²) >= 11 is 0. The van der Waals surface area contributed by atoms with Gasteiger partial charge in [-0.15, -0.1) is 0 Å². The van der Waals surface area contributed by atoms with Gasteiger partial charge in [0.25, 0.3) is 0 Å². The molecule has 1 saturated heterocycles. The van der Waals surface area contributed by atoms with Gasteiger partial charge in [-0.1, -0.05) is 31.2 Å². The fourth-order valence-corrected chi connectivity index (χ4v) is 3.11. The Morgan fingerprint density at radius 1 is 1.35 bits per heavy atom. The van der Waals surface area contributed by atoms with Crippen molar-refractivity contribution in [2.24, 2.45) is 5.41 Å². The molecule has 2 atom stereocenters. The third kappa shape index (κ3) is 3.46. The van der Waals surface area contributed by atoms with Gasteiger partial charge < -0.3 is 4.42 Å². The number of alkyl halides is 1. The molecule has 1 aliphatic rings. The number of benzene rings is 1. The van der Waals surface area contributed by atoms with Crippen molar-refractivity contribution in [1.29, 1.82) is 5.26 Å². The van der Waals surface area contributed by atoms with E-state index >= 15 is 0 Å². The second kappa shape index (κ2) is 6.55. The summed E-state index contributed by atoms with van der Waals surface area (Å²) in [5.74, 6) is 0.852. The molecule has 0 amide bonds. The van der Waals surface area contributed by atoms with E-state index in [1.807, 2.05) is 31.2 Å². The summed E-state index contributed by atoms with van der Waals surface area (Å²) in [5, 5.41) is 8.87. The van der Waals surface area contributed by atoms with Crippen LogP contribution in [-0.2, 0) is 6.54 Å². The fourth-order valence-electron chi connectivity index (χ4n) is 3.11. The van der Waals surface area contributed by atoms with Crippen LogP contribution >= 0.6 is 0 Å². The molecule has 23 heavy (non-hydrogen) atoms. The largest absolute Gasteiger partial charge is 0.464 e. The second-order valence-electron chi connectivity index (χ2n) is 6.62. The second-order valence-corrected chi connectivity index (χ2v) is 6.62. The number of furan rings is 1. The predicted octanol–water partition coefficient (Wildman–Crippen LogP) is 4.41. The van der Waals surface area contributed by atoms with Gasteiger partial charge in [0.15, 0.2) is 0 Å². The number of rotatable bonds is 4. The number of hydrogen-bond donors (Lipinski definition) is 0. The topological polar surface area (TPSA) is 40.2 Å². The van der Waals surface area contributed by atoms with Gasteiger partial charge in [0.2, 0.25) is 0 Å². The van der Waals surface area contributed by atoms with Crippen LogP contribution in [0.15, 0.2) is 47.1 Å². The minimum Gasteiger partial charge on any atom is -0.464 e. The predicted molar refractivity (Wildman–Crippen MR) is 87.3 cm³/mol. The molecule has 0 spiro atoms. The van der Waals surface area contributed by atoms with Crippen molar-refractivity contribution in [3.05, 3.63) is 48.2 Å². The van der Waals surface area contributed by atoms with E-state index in [9.17, 15) is 4.39 Å². The molecule has 0 N–H and O–H groups in total. The van der Waals surface area contributed by atoms with Crippen LogP contribution in [-0.4, -0.2) is 24.2 Å². The highest BCUT2D eigenvalue weighted by atomic mass is 19.1. The van der Waals surface area contributed by atoms with E-state index in [1.165, 1.54) is 0 Å². The van der Waals surface area contributed by atoms with E-state index in [2.05, 4.69) is 23.1 Å². The van der Waals surface area contributed by atoms with Crippen molar-refractivity contribution in [1.82, 2.24) is 4.90 Å². The molecule has 0 saturated carbocycles. The average molecular weight is 312 g/mol. The third-order valence-corrected chi connectivity index (χ3v) is 4.82. The lowest BCUT2D eigenvalue weighted by Gasteiger charge is -2.41. The molecule has 1 aliphatic heterocycles. The summed E-state index contributed by atoms with van der Waals surface area (Å²) < 4.78 is 19.8. The van der Waals surface area contributed by atoms with Gasteiger partial charge in [-0.3, -0.25) is 4.90 Å². The standard InChI is InChI=1S/C19H21FN2O/c1-19(8-10-21)9-11-22(14-18(19)20)13-15-4-6-16(7-5-15)17-3-2-12-23-17/h2-7,12,18H,8-9,11,13-14H2,1H3. The first kappa shape index (κ1) is 15.8. The van der Waals surface area contributed by atoms with Crippen LogP contribution in [0.4, 0.5) is 4.39 Å². The number of nitriles is 1. The lowest BCUT2D eigenvalue weighted by molar-refractivity contribution is 0.0186. The number of halogens is 1. The zero-order valence-electron chi connectivity index (χ0n) is 13.3. The Hall–Kier alpha value is -2.12. The van der Waals surface area contributed by atoms with E-state index in [1.54, 1.807) is 6.26 Å². The molecule has 2 aromatic rings. The van der Waals surface area contributed by atoms with Gasteiger partial charge in [0, 0.05) is 30.5 Å². The van der Waals surface area contributed by atoms with Gasteiger partial charge in [-0.25, -0.2) is 4.39 Å². The van der Waals surface area contributed by atoms with Gasteiger partial charge in [0.1, 0.15) is 11.9 Å². The summed E-state index contributed by atoms with van der Waals surface area (Å²) in [5.41, 5.74) is 1.72. The summed E-state index contributed by atoms with van der Waals surface area (Å²) in [6, 6.07) is 14.1. The molecule has 1 fully saturated rings. The molecular weight excluding hydrogens is 291 g/mol. The molecule has 2 heterocycles. The van der Waals surface area contributed by atoms with Crippen LogP contribution in [0.3, 0.4) is 0 Å². The maximum absolute atomic E-state index is 14.4. The van der Waals surface area contributed by atoms with E-state index in [0.29, 0.717) is 13.0 Å². The maximum Gasteiger partial charge on any atom is 0.133 e. The van der Waals surface area contributed by atoms with Crippen LogP contribution in [0.25, 0.3) is 11.3 Å².